The minimum Gasteiger partial charge on any atom is -0.388 e. The van der Waals surface area contributed by atoms with Crippen molar-refractivity contribution in [3.63, 3.8) is 0 Å². The molecule has 0 unspecified atom stereocenters. The quantitative estimate of drug-likeness (QED) is 0.831. The smallest absolute Gasteiger partial charge is 0.147 e. The molecule has 0 fully saturated rings. The molecular weight excluding hydrogens is 234 g/mol. The molecule has 6 heteroatoms. The van der Waals surface area contributed by atoms with Crippen LogP contribution in [-0.2, 0) is 6.54 Å². The Morgan fingerprint density at radius 1 is 1.53 bits per heavy atom. The number of hydrogen-bond donors (Lipinski definition) is 1. The summed E-state index contributed by atoms with van der Waals surface area (Å²) >= 11 is 5.00. The van der Waals surface area contributed by atoms with Gasteiger partial charge in [-0.2, -0.15) is 5.10 Å². The average Bonchev–Trinajstić information content (AvgIpc) is 2.86. The number of thiocarbonyl (C=S) groups is 1. The summed E-state index contributed by atoms with van der Waals surface area (Å²) in [5.74, 6) is 0.897. The van der Waals surface area contributed by atoms with Crippen molar-refractivity contribution in [2.75, 3.05) is 0 Å². The molecule has 0 atom stereocenters. The average molecular weight is 249 g/mol. The van der Waals surface area contributed by atoms with Crippen molar-refractivity contribution >= 4 is 17.2 Å². The summed E-state index contributed by atoms with van der Waals surface area (Å²) in [7, 11) is 0. The van der Waals surface area contributed by atoms with E-state index in [2.05, 4.69) is 23.9 Å². The predicted molar refractivity (Wildman–Crippen MR) is 69.8 cm³/mol. The highest BCUT2D eigenvalue weighted by Gasteiger charge is 2.10. The fourth-order valence-electron chi connectivity index (χ4n) is 1.75. The van der Waals surface area contributed by atoms with Crippen LogP contribution in [0.4, 0.5) is 0 Å². The van der Waals surface area contributed by atoms with Crippen LogP contribution in [0.5, 0.6) is 0 Å². The zero-order valence-corrected chi connectivity index (χ0v) is 10.7. The molecule has 0 spiro atoms. The highest BCUT2D eigenvalue weighted by atomic mass is 32.1. The summed E-state index contributed by atoms with van der Waals surface area (Å²) in [5, 5.41) is 4.20. The molecule has 0 saturated carbocycles. The van der Waals surface area contributed by atoms with Crippen molar-refractivity contribution in [3.05, 3.63) is 36.2 Å². The molecule has 0 aliphatic heterocycles. The van der Waals surface area contributed by atoms with Gasteiger partial charge in [-0.3, -0.25) is 0 Å². The Hall–Kier alpha value is -1.69. The number of rotatable bonds is 4. The van der Waals surface area contributed by atoms with Gasteiger partial charge in [-0.25, -0.2) is 9.67 Å². The van der Waals surface area contributed by atoms with Gasteiger partial charge in [-0.05, 0) is 26.0 Å². The second-order valence-electron chi connectivity index (χ2n) is 4.10. The van der Waals surface area contributed by atoms with Gasteiger partial charge in [0, 0.05) is 12.2 Å². The van der Waals surface area contributed by atoms with Crippen molar-refractivity contribution in [1.82, 2.24) is 19.3 Å². The van der Waals surface area contributed by atoms with Crippen molar-refractivity contribution in [1.29, 1.82) is 0 Å². The zero-order valence-electron chi connectivity index (χ0n) is 9.87. The van der Waals surface area contributed by atoms with Gasteiger partial charge in [0.1, 0.15) is 17.1 Å². The third-order valence-electron chi connectivity index (χ3n) is 2.53. The Bertz CT molecular complexity index is 525. The Morgan fingerprint density at radius 2 is 2.29 bits per heavy atom. The van der Waals surface area contributed by atoms with Crippen LogP contribution in [0.15, 0.2) is 24.7 Å². The van der Waals surface area contributed by atoms with Crippen molar-refractivity contribution in [3.8, 4) is 0 Å². The maximum Gasteiger partial charge on any atom is 0.147 e. The molecule has 0 aliphatic rings. The van der Waals surface area contributed by atoms with E-state index in [9.17, 15) is 0 Å². The van der Waals surface area contributed by atoms with Gasteiger partial charge in [0.2, 0.25) is 0 Å². The van der Waals surface area contributed by atoms with Crippen LogP contribution in [-0.4, -0.2) is 24.3 Å². The van der Waals surface area contributed by atoms with Crippen LogP contribution < -0.4 is 5.73 Å². The molecule has 2 rings (SSSR count). The number of nitrogens with two attached hydrogens (primary N) is 1. The summed E-state index contributed by atoms with van der Waals surface area (Å²) in [5.41, 5.74) is 6.50. The topological polar surface area (TPSA) is 61.7 Å². The van der Waals surface area contributed by atoms with Crippen LogP contribution in [0, 0.1) is 0 Å². The first-order valence-corrected chi connectivity index (χ1v) is 5.83. The lowest BCUT2D eigenvalue weighted by Gasteiger charge is -2.11. The van der Waals surface area contributed by atoms with Gasteiger partial charge in [0.05, 0.1) is 12.2 Å². The van der Waals surface area contributed by atoms with Crippen LogP contribution in [0.3, 0.4) is 0 Å². The summed E-state index contributed by atoms with van der Waals surface area (Å²) in [6.07, 6.45) is 3.51. The predicted octanol–water partition coefficient (Wildman–Crippen LogP) is 1.34. The van der Waals surface area contributed by atoms with Crippen LogP contribution in [0.1, 0.15) is 31.4 Å². The van der Waals surface area contributed by atoms with E-state index >= 15 is 0 Å². The summed E-state index contributed by atoms with van der Waals surface area (Å²) < 4.78 is 3.87. The molecule has 0 aromatic carbocycles. The first kappa shape index (κ1) is 11.8. The summed E-state index contributed by atoms with van der Waals surface area (Å²) in [4.78, 5) is 4.65. The van der Waals surface area contributed by atoms with Crippen LogP contribution >= 0.6 is 12.2 Å². The van der Waals surface area contributed by atoms with E-state index in [-0.39, 0.29) is 6.04 Å². The lowest BCUT2D eigenvalue weighted by Crippen LogP contribution is -2.18. The fraction of sp³-hybridized carbons (Fsp3) is 0.364. The molecule has 2 N–H and O–H groups in total. The van der Waals surface area contributed by atoms with Crippen molar-refractivity contribution < 1.29 is 0 Å². The molecule has 0 amide bonds. The Kier molecular flexibility index (Phi) is 3.23. The summed E-state index contributed by atoms with van der Waals surface area (Å²) in [6.45, 7) is 4.77. The number of hydrogen-bond acceptors (Lipinski definition) is 3. The molecule has 5 nitrogen and oxygen atoms in total. The minimum atomic E-state index is 0.288. The lowest BCUT2D eigenvalue weighted by molar-refractivity contribution is 0.496. The van der Waals surface area contributed by atoms with Crippen molar-refractivity contribution in [2.45, 2.75) is 26.4 Å². The molecule has 90 valence electrons. The van der Waals surface area contributed by atoms with Gasteiger partial charge < -0.3 is 10.3 Å². The number of nitrogens with zero attached hydrogens (tertiary/aromatic N) is 4. The zero-order chi connectivity index (χ0) is 12.4. The van der Waals surface area contributed by atoms with Gasteiger partial charge in [-0.1, -0.05) is 12.2 Å². The van der Waals surface area contributed by atoms with Gasteiger partial charge in [0.25, 0.3) is 0 Å². The normalized spacial score (nSPS) is 11.0. The molecule has 2 aromatic rings. The third-order valence-corrected chi connectivity index (χ3v) is 2.74. The van der Waals surface area contributed by atoms with E-state index in [1.807, 2.05) is 27.6 Å². The number of aromatic nitrogens is 4. The van der Waals surface area contributed by atoms with E-state index in [1.54, 1.807) is 6.33 Å². The molecule has 0 bridgehead atoms. The SMILES string of the molecule is CC(C)n1ncnc1Cn1cccc1C(N)=S. The molecule has 2 heterocycles. The van der Waals surface area contributed by atoms with E-state index in [0.717, 1.165) is 11.5 Å². The van der Waals surface area contributed by atoms with Crippen LogP contribution in [0.2, 0.25) is 0 Å². The summed E-state index contributed by atoms with van der Waals surface area (Å²) in [6, 6.07) is 4.11. The first-order valence-electron chi connectivity index (χ1n) is 5.43. The fourth-order valence-corrected chi connectivity index (χ4v) is 1.93. The molecule has 17 heavy (non-hydrogen) atoms. The Labute approximate surface area is 105 Å². The Morgan fingerprint density at radius 3 is 2.94 bits per heavy atom. The highest BCUT2D eigenvalue weighted by Crippen LogP contribution is 2.09. The maximum atomic E-state index is 5.65. The highest BCUT2D eigenvalue weighted by molar-refractivity contribution is 7.80. The van der Waals surface area contributed by atoms with E-state index < -0.39 is 0 Å². The third kappa shape index (κ3) is 2.36. The van der Waals surface area contributed by atoms with Crippen LogP contribution in [0.25, 0.3) is 0 Å². The molecule has 0 radical (unpaired) electrons. The van der Waals surface area contributed by atoms with Gasteiger partial charge in [-0.15, -0.1) is 0 Å². The van der Waals surface area contributed by atoms with E-state index in [4.69, 9.17) is 18.0 Å². The largest absolute Gasteiger partial charge is 0.388 e. The second-order valence-corrected chi connectivity index (χ2v) is 4.54. The monoisotopic (exact) mass is 249 g/mol. The molecule has 2 aromatic heterocycles. The molecule has 0 aliphatic carbocycles. The maximum absolute atomic E-state index is 5.65. The minimum absolute atomic E-state index is 0.288. The Balaban J connectivity index is 2.29. The molecule has 0 saturated heterocycles. The van der Waals surface area contributed by atoms with Gasteiger partial charge >= 0.3 is 0 Å². The lowest BCUT2D eigenvalue weighted by atomic mass is 10.4. The first-order chi connectivity index (χ1) is 8.09. The van der Waals surface area contributed by atoms with E-state index in [0.29, 0.717) is 11.5 Å². The van der Waals surface area contributed by atoms with E-state index in [1.165, 1.54) is 0 Å². The van der Waals surface area contributed by atoms with Crippen molar-refractivity contribution in [2.24, 2.45) is 5.73 Å². The second kappa shape index (κ2) is 4.67. The standard InChI is InChI=1S/C11H15N5S/c1-8(2)16-10(13-7-14-16)6-15-5-3-4-9(15)11(12)17/h3-5,7-8H,6H2,1-2H3,(H2,12,17). The molecular formula is C11H15N5S. The van der Waals surface area contributed by atoms with Gasteiger partial charge in [0.15, 0.2) is 0 Å².